The molecule has 96 valence electrons. The van der Waals surface area contributed by atoms with Gasteiger partial charge in [0.1, 0.15) is 5.21 Å². The third kappa shape index (κ3) is 2.74. The van der Waals surface area contributed by atoms with E-state index < -0.39 is 15.2 Å². The van der Waals surface area contributed by atoms with Gasteiger partial charge in [0.25, 0.3) is 0 Å². The molecule has 0 saturated heterocycles. The molecule has 0 bridgehead atoms. The van der Waals surface area contributed by atoms with Gasteiger partial charge in [-0.25, -0.2) is 13.2 Å². The van der Waals surface area contributed by atoms with Crippen molar-refractivity contribution in [3.05, 3.63) is 47.1 Å². The minimum Gasteiger partial charge on any atom is -0.312 e. The Balaban J connectivity index is 2.26. The summed E-state index contributed by atoms with van der Waals surface area (Å²) in [5.74, 6) is 0. The molecule has 2 aromatic rings. The van der Waals surface area contributed by atoms with Crippen molar-refractivity contribution in [2.75, 3.05) is 9.93 Å². The first kappa shape index (κ1) is 12.7. The monoisotopic (exact) mass is 287 g/mol. The van der Waals surface area contributed by atoms with Crippen molar-refractivity contribution < 1.29 is 8.42 Å². The average Bonchev–Trinajstić information content (AvgIpc) is 2.76. The fourth-order valence-corrected chi connectivity index (χ4v) is 2.13. The minimum atomic E-state index is -3.51. The van der Waals surface area contributed by atoms with Crippen molar-refractivity contribution in [3.63, 3.8) is 0 Å². The Morgan fingerprint density at radius 3 is 2.44 bits per heavy atom. The molecule has 0 atom stereocenters. The van der Waals surface area contributed by atoms with Crippen LogP contribution in [0.25, 0.3) is 5.69 Å². The molecule has 0 aliphatic carbocycles. The van der Waals surface area contributed by atoms with Gasteiger partial charge in [0.2, 0.25) is 10.0 Å². The Bertz CT molecular complexity index is 688. The lowest BCUT2D eigenvalue weighted by Gasteiger charge is -2.06. The molecule has 0 radical (unpaired) electrons. The number of aromatic nitrogens is 2. The highest BCUT2D eigenvalue weighted by Crippen LogP contribution is 2.13. The summed E-state index contributed by atoms with van der Waals surface area (Å²) in [4.78, 5) is 13.9. The van der Waals surface area contributed by atoms with E-state index in [9.17, 15) is 13.2 Å². The van der Waals surface area contributed by atoms with E-state index in [1.807, 2.05) is 0 Å². The molecule has 0 fully saturated rings. The quantitative estimate of drug-likeness (QED) is 0.826. The highest BCUT2D eigenvalue weighted by atomic mass is 35.5. The van der Waals surface area contributed by atoms with E-state index in [-0.39, 0.29) is 5.69 Å². The Morgan fingerprint density at radius 1 is 1.28 bits per heavy atom. The molecule has 0 unspecified atom stereocenters. The van der Waals surface area contributed by atoms with Crippen LogP contribution in [-0.4, -0.2) is 23.2 Å². The summed E-state index contributed by atoms with van der Waals surface area (Å²) in [7, 11) is -3.51. The summed E-state index contributed by atoms with van der Waals surface area (Å²) in [6.07, 6.45) is 3.10. The number of nitrogens with zero attached hydrogens (tertiary/aromatic N) is 1. The van der Waals surface area contributed by atoms with Crippen LogP contribution in [0.2, 0.25) is 0 Å². The predicted molar refractivity (Wildman–Crippen MR) is 69.7 cm³/mol. The number of alkyl halides is 1. The number of halogens is 1. The number of benzene rings is 1. The van der Waals surface area contributed by atoms with Gasteiger partial charge in [-0.15, -0.1) is 11.6 Å². The van der Waals surface area contributed by atoms with Crippen LogP contribution in [0.3, 0.4) is 0 Å². The molecule has 1 heterocycles. The van der Waals surface area contributed by atoms with Gasteiger partial charge >= 0.3 is 5.69 Å². The van der Waals surface area contributed by atoms with Crippen LogP contribution in [0.5, 0.6) is 0 Å². The number of imidazole rings is 1. The van der Waals surface area contributed by atoms with E-state index in [0.717, 1.165) is 0 Å². The first-order chi connectivity index (χ1) is 8.52. The van der Waals surface area contributed by atoms with E-state index in [1.165, 1.54) is 10.8 Å². The molecule has 8 heteroatoms. The number of aromatic amines is 1. The molecule has 1 aromatic carbocycles. The zero-order chi connectivity index (χ0) is 13.2. The third-order valence-corrected chi connectivity index (χ3v) is 3.91. The second kappa shape index (κ2) is 4.87. The van der Waals surface area contributed by atoms with E-state index in [0.29, 0.717) is 11.4 Å². The molecule has 6 nitrogen and oxygen atoms in total. The van der Waals surface area contributed by atoms with Crippen LogP contribution in [0.15, 0.2) is 41.5 Å². The van der Waals surface area contributed by atoms with Gasteiger partial charge < -0.3 is 4.98 Å². The van der Waals surface area contributed by atoms with Crippen molar-refractivity contribution in [3.8, 4) is 5.69 Å². The Hall–Kier alpha value is -1.73. The number of anilines is 1. The van der Waals surface area contributed by atoms with Gasteiger partial charge in [0.05, 0.1) is 5.69 Å². The Kier molecular flexibility index (Phi) is 3.44. The number of hydrogen-bond acceptors (Lipinski definition) is 3. The van der Waals surface area contributed by atoms with Crippen LogP contribution in [-0.2, 0) is 10.0 Å². The van der Waals surface area contributed by atoms with Gasteiger partial charge in [-0.05, 0) is 24.3 Å². The van der Waals surface area contributed by atoms with E-state index >= 15 is 0 Å². The summed E-state index contributed by atoms with van der Waals surface area (Å²) in [6.45, 7) is 0. The van der Waals surface area contributed by atoms with Crippen LogP contribution >= 0.6 is 11.6 Å². The van der Waals surface area contributed by atoms with Gasteiger partial charge in [0.15, 0.2) is 0 Å². The topological polar surface area (TPSA) is 84.0 Å². The lowest BCUT2D eigenvalue weighted by molar-refractivity contribution is 0.605. The van der Waals surface area contributed by atoms with E-state index in [2.05, 4.69) is 9.71 Å². The van der Waals surface area contributed by atoms with Gasteiger partial charge in [0, 0.05) is 18.1 Å². The van der Waals surface area contributed by atoms with Crippen LogP contribution in [0, 0.1) is 0 Å². The van der Waals surface area contributed by atoms with Crippen LogP contribution < -0.4 is 10.4 Å². The van der Waals surface area contributed by atoms with Crippen LogP contribution in [0.1, 0.15) is 0 Å². The normalized spacial score (nSPS) is 11.4. The second-order valence-electron chi connectivity index (χ2n) is 3.51. The fraction of sp³-hybridized carbons (Fsp3) is 0.100. The highest BCUT2D eigenvalue weighted by Gasteiger charge is 2.08. The van der Waals surface area contributed by atoms with Gasteiger partial charge in [-0.2, -0.15) is 0 Å². The zero-order valence-corrected chi connectivity index (χ0v) is 10.7. The van der Waals surface area contributed by atoms with Crippen molar-refractivity contribution >= 4 is 27.3 Å². The average molecular weight is 288 g/mol. The molecule has 0 saturated carbocycles. The fourth-order valence-electron chi connectivity index (χ4n) is 1.42. The third-order valence-electron chi connectivity index (χ3n) is 2.21. The number of nitrogens with one attached hydrogen (secondary N) is 2. The molecule has 0 aliphatic heterocycles. The van der Waals surface area contributed by atoms with Crippen LogP contribution in [0.4, 0.5) is 5.69 Å². The number of sulfonamides is 1. The van der Waals surface area contributed by atoms with Crippen molar-refractivity contribution in [2.45, 2.75) is 0 Å². The van der Waals surface area contributed by atoms with Crippen molar-refractivity contribution in [1.82, 2.24) is 9.55 Å². The molecule has 2 N–H and O–H groups in total. The van der Waals surface area contributed by atoms with E-state index in [1.54, 1.807) is 30.5 Å². The molecule has 0 spiro atoms. The predicted octanol–water partition coefficient (Wildman–Crippen LogP) is 1.10. The number of rotatable bonds is 4. The maximum Gasteiger partial charge on any atom is 0.330 e. The zero-order valence-electron chi connectivity index (χ0n) is 9.13. The summed E-state index contributed by atoms with van der Waals surface area (Å²) < 4.78 is 26.2. The summed E-state index contributed by atoms with van der Waals surface area (Å²) in [5, 5.41) is -0.508. The standard InChI is InChI=1S/C10H10ClN3O3S/c11-7-18(16,17)13-8-1-3-9(4-2-8)14-6-5-12-10(14)15/h1-6,13H,7H2,(H,12,15). The first-order valence-electron chi connectivity index (χ1n) is 4.95. The molecule has 0 aliphatic rings. The van der Waals surface area contributed by atoms with E-state index in [4.69, 9.17) is 11.6 Å². The SMILES string of the molecule is O=c1[nH]ccn1-c1ccc(NS(=O)(=O)CCl)cc1. The smallest absolute Gasteiger partial charge is 0.312 e. The summed E-state index contributed by atoms with van der Waals surface area (Å²) >= 11 is 5.28. The van der Waals surface area contributed by atoms with Gasteiger partial charge in [-0.3, -0.25) is 9.29 Å². The van der Waals surface area contributed by atoms with Crippen molar-refractivity contribution in [1.29, 1.82) is 0 Å². The highest BCUT2D eigenvalue weighted by molar-refractivity contribution is 7.93. The largest absolute Gasteiger partial charge is 0.330 e. The van der Waals surface area contributed by atoms with Gasteiger partial charge in [-0.1, -0.05) is 0 Å². The molecule has 0 amide bonds. The van der Waals surface area contributed by atoms with Crippen molar-refractivity contribution in [2.24, 2.45) is 0 Å². The Labute approximate surface area is 108 Å². The lowest BCUT2D eigenvalue weighted by Crippen LogP contribution is -2.15. The molecule has 2 rings (SSSR count). The first-order valence-corrected chi connectivity index (χ1v) is 7.13. The second-order valence-corrected chi connectivity index (χ2v) is 5.81. The maximum absolute atomic E-state index is 11.4. The maximum atomic E-state index is 11.4. The molecular formula is C10H10ClN3O3S. The Morgan fingerprint density at radius 2 is 1.94 bits per heavy atom. The number of H-pyrrole nitrogens is 1. The molecule has 18 heavy (non-hydrogen) atoms. The minimum absolute atomic E-state index is 0.260. The number of hydrogen-bond donors (Lipinski definition) is 2. The lowest BCUT2D eigenvalue weighted by atomic mass is 10.3. The molecule has 1 aromatic heterocycles. The molecular weight excluding hydrogens is 278 g/mol. The summed E-state index contributed by atoms with van der Waals surface area (Å²) in [5.41, 5.74) is 0.766. The summed E-state index contributed by atoms with van der Waals surface area (Å²) in [6, 6.07) is 6.36.